The molecular formula is C17H26N8. The highest BCUT2D eigenvalue weighted by atomic mass is 15.3. The Labute approximate surface area is 148 Å². The summed E-state index contributed by atoms with van der Waals surface area (Å²) >= 11 is 0. The Bertz CT molecular complexity index is 706. The lowest BCUT2D eigenvalue weighted by Crippen LogP contribution is -2.38. The van der Waals surface area contributed by atoms with Crippen LogP contribution in [-0.4, -0.2) is 52.5 Å². The Morgan fingerprint density at radius 2 is 2.32 bits per heavy atom. The highest BCUT2D eigenvalue weighted by Gasteiger charge is 2.17. The van der Waals surface area contributed by atoms with Gasteiger partial charge in [-0.15, -0.1) is 0 Å². The summed E-state index contributed by atoms with van der Waals surface area (Å²) in [5.74, 6) is 1.63. The Kier molecular flexibility index (Phi) is 4.80. The van der Waals surface area contributed by atoms with E-state index in [1.165, 1.54) is 17.7 Å². The molecule has 1 atom stereocenters. The minimum absolute atomic E-state index is 0.406. The molecule has 25 heavy (non-hydrogen) atoms. The fourth-order valence-corrected chi connectivity index (χ4v) is 3.50. The average molecular weight is 342 g/mol. The summed E-state index contributed by atoms with van der Waals surface area (Å²) in [5.41, 5.74) is 2.53. The van der Waals surface area contributed by atoms with Crippen LogP contribution in [-0.2, 0) is 19.6 Å². The van der Waals surface area contributed by atoms with Crippen molar-refractivity contribution in [3.05, 3.63) is 29.7 Å². The minimum Gasteiger partial charge on any atom is -0.355 e. The van der Waals surface area contributed by atoms with Crippen LogP contribution in [0.5, 0.6) is 0 Å². The van der Waals surface area contributed by atoms with Crippen LogP contribution in [0.15, 0.2) is 18.5 Å². The SMILES string of the molecule is CN(Cc1cnn2c1CNCC2)c1ccnc(NC2CCCNC2)n1. The number of hydrogen-bond acceptors (Lipinski definition) is 7. The second-order valence-corrected chi connectivity index (χ2v) is 6.80. The van der Waals surface area contributed by atoms with Gasteiger partial charge in [-0.05, 0) is 25.5 Å². The molecule has 4 rings (SSSR count). The Balaban J connectivity index is 1.44. The van der Waals surface area contributed by atoms with Crippen molar-refractivity contribution in [1.82, 2.24) is 30.4 Å². The fourth-order valence-electron chi connectivity index (χ4n) is 3.50. The van der Waals surface area contributed by atoms with Gasteiger partial charge in [0, 0.05) is 51.0 Å². The molecule has 4 heterocycles. The minimum atomic E-state index is 0.406. The molecule has 2 aliphatic heterocycles. The second-order valence-electron chi connectivity index (χ2n) is 6.80. The maximum atomic E-state index is 4.69. The Morgan fingerprint density at radius 3 is 3.20 bits per heavy atom. The first-order chi connectivity index (χ1) is 12.3. The van der Waals surface area contributed by atoms with Gasteiger partial charge in [-0.25, -0.2) is 4.98 Å². The number of rotatable bonds is 5. The summed E-state index contributed by atoms with van der Waals surface area (Å²) in [6, 6.07) is 2.36. The molecule has 1 unspecified atom stereocenters. The van der Waals surface area contributed by atoms with E-state index in [1.807, 2.05) is 18.5 Å². The van der Waals surface area contributed by atoms with Crippen molar-refractivity contribution in [3.8, 4) is 0 Å². The molecular weight excluding hydrogens is 316 g/mol. The summed E-state index contributed by atoms with van der Waals surface area (Å²) in [5, 5.41) is 14.8. The van der Waals surface area contributed by atoms with Gasteiger partial charge in [0.15, 0.2) is 0 Å². The van der Waals surface area contributed by atoms with E-state index in [9.17, 15) is 0 Å². The van der Waals surface area contributed by atoms with Crippen molar-refractivity contribution in [2.24, 2.45) is 0 Å². The number of piperidine rings is 1. The van der Waals surface area contributed by atoms with Gasteiger partial charge in [-0.3, -0.25) is 4.68 Å². The van der Waals surface area contributed by atoms with Crippen molar-refractivity contribution >= 4 is 11.8 Å². The molecule has 1 saturated heterocycles. The molecule has 0 amide bonds. The monoisotopic (exact) mass is 342 g/mol. The van der Waals surface area contributed by atoms with E-state index in [0.717, 1.165) is 51.5 Å². The van der Waals surface area contributed by atoms with Gasteiger partial charge in [0.1, 0.15) is 5.82 Å². The molecule has 0 saturated carbocycles. The summed E-state index contributed by atoms with van der Waals surface area (Å²) in [4.78, 5) is 11.2. The standard InChI is InChI=1S/C17H26N8/c1-24(12-13-9-21-25-8-7-19-11-15(13)25)16-4-6-20-17(23-16)22-14-3-2-5-18-10-14/h4,6,9,14,18-19H,2-3,5,7-8,10-12H2,1H3,(H,20,22,23). The zero-order chi connectivity index (χ0) is 17.1. The molecule has 0 spiro atoms. The highest BCUT2D eigenvalue weighted by molar-refractivity contribution is 5.43. The third kappa shape index (κ3) is 3.74. The zero-order valence-corrected chi connectivity index (χ0v) is 14.7. The Morgan fingerprint density at radius 1 is 1.36 bits per heavy atom. The van der Waals surface area contributed by atoms with E-state index in [4.69, 9.17) is 4.98 Å². The summed E-state index contributed by atoms with van der Waals surface area (Å²) in [7, 11) is 2.06. The van der Waals surface area contributed by atoms with Gasteiger partial charge < -0.3 is 20.9 Å². The van der Waals surface area contributed by atoms with Crippen molar-refractivity contribution in [3.63, 3.8) is 0 Å². The molecule has 2 aromatic heterocycles. The van der Waals surface area contributed by atoms with Gasteiger partial charge in [0.2, 0.25) is 5.95 Å². The van der Waals surface area contributed by atoms with Gasteiger partial charge in [0.05, 0.1) is 18.4 Å². The van der Waals surface area contributed by atoms with Gasteiger partial charge in [-0.1, -0.05) is 0 Å². The summed E-state index contributed by atoms with van der Waals surface area (Å²) < 4.78 is 2.10. The molecule has 0 bridgehead atoms. The van der Waals surface area contributed by atoms with E-state index in [2.05, 4.69) is 42.7 Å². The maximum Gasteiger partial charge on any atom is 0.224 e. The molecule has 2 aromatic rings. The van der Waals surface area contributed by atoms with Crippen LogP contribution in [0.4, 0.5) is 11.8 Å². The molecule has 0 aromatic carbocycles. The third-order valence-corrected chi connectivity index (χ3v) is 4.90. The number of nitrogens with one attached hydrogen (secondary N) is 3. The number of nitrogens with zero attached hydrogens (tertiary/aromatic N) is 5. The normalized spacial score (nSPS) is 20.1. The Hall–Kier alpha value is -2.19. The lowest BCUT2D eigenvalue weighted by atomic mass is 10.1. The first-order valence-corrected chi connectivity index (χ1v) is 9.05. The van der Waals surface area contributed by atoms with E-state index in [-0.39, 0.29) is 0 Å². The quantitative estimate of drug-likeness (QED) is 0.733. The molecule has 134 valence electrons. The van der Waals surface area contributed by atoms with Crippen molar-refractivity contribution in [2.75, 3.05) is 36.9 Å². The lowest BCUT2D eigenvalue weighted by Gasteiger charge is -2.24. The zero-order valence-electron chi connectivity index (χ0n) is 14.7. The lowest BCUT2D eigenvalue weighted by molar-refractivity contribution is 0.473. The molecule has 2 aliphatic rings. The first kappa shape index (κ1) is 16.3. The third-order valence-electron chi connectivity index (χ3n) is 4.90. The van der Waals surface area contributed by atoms with Gasteiger partial charge >= 0.3 is 0 Å². The predicted molar refractivity (Wildman–Crippen MR) is 97.6 cm³/mol. The van der Waals surface area contributed by atoms with Crippen molar-refractivity contribution in [1.29, 1.82) is 0 Å². The van der Waals surface area contributed by atoms with Crippen LogP contribution < -0.4 is 20.9 Å². The van der Waals surface area contributed by atoms with Gasteiger partial charge in [-0.2, -0.15) is 10.1 Å². The second kappa shape index (κ2) is 7.37. The van der Waals surface area contributed by atoms with Crippen molar-refractivity contribution < 1.29 is 0 Å². The molecule has 8 nitrogen and oxygen atoms in total. The van der Waals surface area contributed by atoms with Gasteiger partial charge in [0.25, 0.3) is 0 Å². The fraction of sp³-hybridized carbons (Fsp3) is 0.588. The molecule has 0 radical (unpaired) electrons. The van der Waals surface area contributed by atoms with E-state index in [0.29, 0.717) is 12.0 Å². The van der Waals surface area contributed by atoms with Crippen LogP contribution in [0.2, 0.25) is 0 Å². The van der Waals surface area contributed by atoms with E-state index < -0.39 is 0 Å². The van der Waals surface area contributed by atoms with Crippen LogP contribution in [0.25, 0.3) is 0 Å². The first-order valence-electron chi connectivity index (χ1n) is 9.05. The number of hydrogen-bond donors (Lipinski definition) is 3. The van der Waals surface area contributed by atoms with Crippen LogP contribution in [0.1, 0.15) is 24.1 Å². The topological polar surface area (TPSA) is 82.9 Å². The number of fused-ring (bicyclic) bond motifs is 1. The average Bonchev–Trinajstić information content (AvgIpc) is 3.06. The summed E-state index contributed by atoms with van der Waals surface area (Å²) in [6.45, 7) is 5.68. The van der Waals surface area contributed by atoms with Crippen molar-refractivity contribution in [2.45, 2.75) is 38.5 Å². The molecule has 1 fully saturated rings. The molecule has 0 aliphatic carbocycles. The van der Waals surface area contributed by atoms with E-state index in [1.54, 1.807) is 0 Å². The van der Waals surface area contributed by atoms with E-state index >= 15 is 0 Å². The number of aromatic nitrogens is 4. The number of anilines is 2. The smallest absolute Gasteiger partial charge is 0.224 e. The molecule has 3 N–H and O–H groups in total. The largest absolute Gasteiger partial charge is 0.355 e. The predicted octanol–water partition coefficient (Wildman–Crippen LogP) is 0.577. The van der Waals surface area contributed by atoms with Crippen LogP contribution in [0, 0.1) is 0 Å². The van der Waals surface area contributed by atoms with Crippen LogP contribution >= 0.6 is 0 Å². The summed E-state index contributed by atoms with van der Waals surface area (Å²) in [6.07, 6.45) is 6.16. The maximum absolute atomic E-state index is 4.69. The molecule has 8 heteroatoms. The van der Waals surface area contributed by atoms with Crippen LogP contribution in [0.3, 0.4) is 0 Å². The highest BCUT2D eigenvalue weighted by Crippen LogP contribution is 2.18.